The zero-order valence-corrected chi connectivity index (χ0v) is 18.7. The number of hydrogen-bond donors (Lipinski definition) is 1. The molecule has 3 amide bonds. The molecule has 1 fully saturated rings. The van der Waals surface area contributed by atoms with Crippen LogP contribution >= 0.6 is 0 Å². The van der Waals surface area contributed by atoms with E-state index in [0.717, 1.165) is 16.8 Å². The lowest BCUT2D eigenvalue weighted by atomic mass is 9.80. The van der Waals surface area contributed by atoms with Crippen molar-refractivity contribution in [1.29, 1.82) is 5.26 Å². The van der Waals surface area contributed by atoms with Crippen molar-refractivity contribution in [3.8, 4) is 6.07 Å². The molecule has 3 heterocycles. The van der Waals surface area contributed by atoms with Gasteiger partial charge < -0.3 is 15.1 Å². The highest BCUT2D eigenvalue weighted by molar-refractivity contribution is 6.07. The monoisotopic (exact) mass is 442 g/mol. The van der Waals surface area contributed by atoms with Gasteiger partial charge in [-0.3, -0.25) is 14.4 Å². The van der Waals surface area contributed by atoms with Crippen molar-refractivity contribution in [2.45, 2.75) is 50.7 Å². The molecule has 3 aliphatic rings. The molecule has 0 aromatic heterocycles. The zero-order valence-electron chi connectivity index (χ0n) is 18.7. The number of anilines is 1. The number of fused-ring (bicyclic) bond motifs is 3. The first-order valence-corrected chi connectivity index (χ1v) is 11.4. The number of rotatable bonds is 4. The van der Waals surface area contributed by atoms with Crippen molar-refractivity contribution in [1.82, 2.24) is 9.80 Å². The molecule has 0 aliphatic carbocycles. The van der Waals surface area contributed by atoms with Crippen molar-refractivity contribution in [2.24, 2.45) is 5.92 Å². The molecule has 2 aromatic carbocycles. The molecule has 33 heavy (non-hydrogen) atoms. The third-order valence-electron chi connectivity index (χ3n) is 7.12. The van der Waals surface area contributed by atoms with Gasteiger partial charge in [-0.1, -0.05) is 50.2 Å². The number of carbonyl (C=O) groups is 3. The number of hydrogen-bond acceptors (Lipinski definition) is 4. The van der Waals surface area contributed by atoms with Crippen LogP contribution in [-0.4, -0.2) is 46.1 Å². The van der Waals surface area contributed by atoms with Gasteiger partial charge in [-0.15, -0.1) is 0 Å². The van der Waals surface area contributed by atoms with Gasteiger partial charge in [-0.05, 0) is 35.6 Å². The fourth-order valence-electron chi connectivity index (χ4n) is 5.51. The molecular formula is C26H26N4O3. The van der Waals surface area contributed by atoms with E-state index in [0.29, 0.717) is 18.5 Å². The lowest BCUT2D eigenvalue weighted by Crippen LogP contribution is -2.51. The van der Waals surface area contributed by atoms with Crippen LogP contribution in [0.5, 0.6) is 0 Å². The van der Waals surface area contributed by atoms with Gasteiger partial charge in [-0.2, -0.15) is 5.26 Å². The number of para-hydroxylation sites is 1. The van der Waals surface area contributed by atoms with Gasteiger partial charge in [0.25, 0.3) is 5.91 Å². The molecule has 1 N–H and O–H groups in total. The van der Waals surface area contributed by atoms with E-state index in [1.807, 2.05) is 56.3 Å². The van der Waals surface area contributed by atoms with E-state index in [1.165, 1.54) is 4.90 Å². The molecule has 2 aromatic rings. The Labute approximate surface area is 193 Å². The van der Waals surface area contributed by atoms with E-state index in [-0.39, 0.29) is 36.6 Å². The second-order valence-electron chi connectivity index (χ2n) is 9.63. The quantitative estimate of drug-likeness (QED) is 0.788. The Bertz CT molecular complexity index is 1200. The van der Waals surface area contributed by atoms with E-state index in [9.17, 15) is 19.6 Å². The lowest BCUT2D eigenvalue weighted by molar-refractivity contribution is -0.137. The van der Waals surface area contributed by atoms with Gasteiger partial charge in [0, 0.05) is 30.8 Å². The molecule has 0 radical (unpaired) electrons. The minimum atomic E-state index is -0.937. The fraction of sp³-hybridized carbons (Fsp3) is 0.385. The Morgan fingerprint density at radius 1 is 1.18 bits per heavy atom. The Morgan fingerprint density at radius 3 is 2.64 bits per heavy atom. The van der Waals surface area contributed by atoms with Gasteiger partial charge in [0.05, 0.1) is 11.5 Å². The highest BCUT2D eigenvalue weighted by Crippen LogP contribution is 2.46. The average Bonchev–Trinajstić information content (AvgIpc) is 3.45. The Morgan fingerprint density at radius 2 is 1.91 bits per heavy atom. The van der Waals surface area contributed by atoms with E-state index >= 15 is 0 Å². The van der Waals surface area contributed by atoms with Crippen LogP contribution in [0.25, 0.3) is 0 Å². The molecule has 3 aliphatic heterocycles. The van der Waals surface area contributed by atoms with Gasteiger partial charge in [0.1, 0.15) is 12.1 Å². The van der Waals surface area contributed by atoms with Crippen molar-refractivity contribution in [3.63, 3.8) is 0 Å². The van der Waals surface area contributed by atoms with Crippen LogP contribution in [-0.2, 0) is 21.5 Å². The summed E-state index contributed by atoms with van der Waals surface area (Å²) >= 11 is 0. The molecule has 3 atom stereocenters. The summed E-state index contributed by atoms with van der Waals surface area (Å²) in [5.74, 6) is -0.422. The number of nitriles is 1. The predicted octanol–water partition coefficient (Wildman–Crippen LogP) is 3.07. The fourth-order valence-corrected chi connectivity index (χ4v) is 5.51. The number of nitrogens with zero attached hydrogens (tertiary/aromatic N) is 3. The van der Waals surface area contributed by atoms with Crippen LogP contribution in [0.3, 0.4) is 0 Å². The largest absolute Gasteiger partial charge is 0.325 e. The number of nitrogens with one attached hydrogen (secondary N) is 1. The van der Waals surface area contributed by atoms with Crippen LogP contribution in [0.15, 0.2) is 48.5 Å². The summed E-state index contributed by atoms with van der Waals surface area (Å²) in [7, 11) is 0. The summed E-state index contributed by atoms with van der Waals surface area (Å²) in [5, 5.41) is 12.8. The molecule has 0 bridgehead atoms. The summed E-state index contributed by atoms with van der Waals surface area (Å²) in [6, 6.07) is 15.7. The second-order valence-corrected chi connectivity index (χ2v) is 9.63. The van der Waals surface area contributed by atoms with Crippen molar-refractivity contribution in [3.05, 3.63) is 65.2 Å². The second kappa shape index (κ2) is 7.73. The van der Waals surface area contributed by atoms with Crippen LogP contribution in [0, 0.1) is 17.2 Å². The summed E-state index contributed by atoms with van der Waals surface area (Å²) in [5.41, 5.74) is 2.15. The van der Waals surface area contributed by atoms with Crippen LogP contribution in [0.4, 0.5) is 5.69 Å². The van der Waals surface area contributed by atoms with Crippen molar-refractivity contribution < 1.29 is 14.4 Å². The molecule has 1 saturated heterocycles. The minimum absolute atomic E-state index is 0.135. The number of benzene rings is 2. The molecule has 168 valence electrons. The highest BCUT2D eigenvalue weighted by Gasteiger charge is 2.57. The number of carbonyl (C=O) groups excluding carboxylic acids is 3. The van der Waals surface area contributed by atoms with E-state index < -0.39 is 17.5 Å². The first-order chi connectivity index (χ1) is 15.9. The molecule has 0 unspecified atom stereocenters. The first kappa shape index (κ1) is 21.2. The average molecular weight is 443 g/mol. The maximum absolute atomic E-state index is 13.9. The van der Waals surface area contributed by atoms with Gasteiger partial charge in [0.15, 0.2) is 0 Å². The highest BCUT2D eigenvalue weighted by atomic mass is 16.2. The molecular weight excluding hydrogens is 416 g/mol. The minimum Gasteiger partial charge on any atom is -0.325 e. The molecule has 7 nitrogen and oxygen atoms in total. The Hall–Kier alpha value is -3.66. The summed E-state index contributed by atoms with van der Waals surface area (Å²) in [6.07, 6.45) is 0.740. The summed E-state index contributed by atoms with van der Waals surface area (Å²) < 4.78 is 0. The molecule has 1 spiro atoms. The van der Waals surface area contributed by atoms with Gasteiger partial charge in [-0.25, -0.2) is 0 Å². The maximum atomic E-state index is 13.9. The maximum Gasteiger partial charge on any atom is 0.255 e. The van der Waals surface area contributed by atoms with Crippen LogP contribution in [0.2, 0.25) is 0 Å². The Balaban J connectivity index is 1.48. The zero-order chi connectivity index (χ0) is 23.3. The smallest absolute Gasteiger partial charge is 0.255 e. The Kier molecular flexibility index (Phi) is 4.97. The predicted molar refractivity (Wildman–Crippen MR) is 122 cm³/mol. The molecule has 5 rings (SSSR count). The normalized spacial score (nSPS) is 24.1. The van der Waals surface area contributed by atoms with Crippen LogP contribution in [0.1, 0.15) is 48.2 Å². The van der Waals surface area contributed by atoms with Gasteiger partial charge >= 0.3 is 0 Å². The first-order valence-electron chi connectivity index (χ1n) is 11.4. The lowest BCUT2D eigenvalue weighted by Gasteiger charge is -2.33. The number of likely N-dealkylation sites (tertiary alicyclic amines) is 1. The van der Waals surface area contributed by atoms with E-state index in [2.05, 4.69) is 11.4 Å². The van der Waals surface area contributed by atoms with Gasteiger partial charge in [0.2, 0.25) is 11.8 Å². The standard InChI is InChI=1S/C26H26N4O3/c1-16(2)11-22(29-14-17-7-3-4-8-19(17)23(29)31)24(32)30-15-26(12-18(30)13-27)20-9-5-6-10-21(20)28-25(26)33/h3-10,16,18,22H,11-12,14-15H2,1-2H3,(H,28,33)/t18-,22-,26-/m0/s1. The van der Waals surface area contributed by atoms with Crippen LogP contribution < -0.4 is 5.32 Å². The SMILES string of the molecule is CC(C)C[C@@H](C(=O)N1C[C@]2(C[C@H]1C#N)C(=O)Nc1ccccc12)N1Cc2ccccc2C1=O. The topological polar surface area (TPSA) is 93.5 Å². The summed E-state index contributed by atoms with van der Waals surface area (Å²) in [4.78, 5) is 43.4. The third kappa shape index (κ3) is 3.20. The van der Waals surface area contributed by atoms with Crippen molar-refractivity contribution in [2.75, 3.05) is 11.9 Å². The number of amides is 3. The molecule has 0 saturated carbocycles. The van der Waals surface area contributed by atoms with E-state index in [1.54, 1.807) is 11.0 Å². The van der Waals surface area contributed by atoms with Crippen molar-refractivity contribution >= 4 is 23.4 Å². The summed E-state index contributed by atoms with van der Waals surface area (Å²) in [6.45, 7) is 4.54. The third-order valence-corrected chi connectivity index (χ3v) is 7.12. The molecule has 7 heteroatoms. The van der Waals surface area contributed by atoms with E-state index in [4.69, 9.17) is 0 Å².